The predicted molar refractivity (Wildman–Crippen MR) is 138 cm³/mol. The molecule has 1 saturated heterocycles. The first kappa shape index (κ1) is 26.0. The molecule has 1 unspecified atom stereocenters. The SMILES string of the molecule is CCCC(C)C(=O)N1CCN(C(=O)[C@H]2CC[C@H](Cn3c(=O)[nH]c4ccc(OC)cc4c3=O)CC2)CC1. The molecule has 196 valence electrons. The van der Waals surface area contributed by atoms with Crippen LogP contribution in [0.15, 0.2) is 27.8 Å². The summed E-state index contributed by atoms with van der Waals surface area (Å²) < 4.78 is 6.51. The predicted octanol–water partition coefficient (Wildman–Crippen LogP) is 2.61. The standard InChI is InChI=1S/C27H38N4O5/c1-4-5-18(2)24(32)29-12-14-30(15-13-29)25(33)20-8-6-19(7-9-20)17-31-26(34)22-16-21(36-3)10-11-23(22)28-27(31)35/h10-11,16,18-20H,4-9,12-15,17H2,1-3H3,(H,28,35)/t18?,19-,20-. The summed E-state index contributed by atoms with van der Waals surface area (Å²) in [6.07, 6.45) is 4.99. The Labute approximate surface area is 211 Å². The Morgan fingerprint density at radius 2 is 1.72 bits per heavy atom. The van der Waals surface area contributed by atoms with E-state index in [1.807, 2.05) is 16.7 Å². The van der Waals surface area contributed by atoms with Crippen molar-refractivity contribution in [1.82, 2.24) is 19.4 Å². The Bertz CT molecular complexity index is 1200. The molecule has 0 spiro atoms. The largest absolute Gasteiger partial charge is 0.497 e. The molecule has 1 aromatic heterocycles. The van der Waals surface area contributed by atoms with Crippen molar-refractivity contribution in [2.24, 2.45) is 17.8 Å². The smallest absolute Gasteiger partial charge is 0.328 e. The molecule has 2 fully saturated rings. The van der Waals surface area contributed by atoms with Crippen molar-refractivity contribution in [2.45, 2.75) is 58.9 Å². The van der Waals surface area contributed by atoms with Gasteiger partial charge in [-0.15, -0.1) is 0 Å². The maximum atomic E-state index is 13.1. The van der Waals surface area contributed by atoms with Crippen molar-refractivity contribution in [1.29, 1.82) is 0 Å². The van der Waals surface area contributed by atoms with Crippen molar-refractivity contribution < 1.29 is 14.3 Å². The Morgan fingerprint density at radius 3 is 2.36 bits per heavy atom. The van der Waals surface area contributed by atoms with E-state index in [1.165, 1.54) is 4.57 Å². The van der Waals surface area contributed by atoms with E-state index in [9.17, 15) is 19.2 Å². The lowest BCUT2D eigenvalue weighted by Crippen LogP contribution is -2.53. The number of nitrogens with one attached hydrogen (secondary N) is 1. The van der Waals surface area contributed by atoms with Gasteiger partial charge < -0.3 is 19.5 Å². The average Bonchev–Trinajstić information content (AvgIpc) is 2.90. The zero-order chi connectivity index (χ0) is 25.8. The molecule has 2 aliphatic rings. The van der Waals surface area contributed by atoms with Crippen LogP contribution in [0, 0.1) is 17.8 Å². The third kappa shape index (κ3) is 5.50. The molecule has 1 aliphatic carbocycles. The molecule has 2 aromatic rings. The molecule has 0 bridgehead atoms. The number of carbonyl (C=O) groups is 2. The van der Waals surface area contributed by atoms with Crippen molar-refractivity contribution in [3.05, 3.63) is 39.0 Å². The van der Waals surface area contributed by atoms with Gasteiger partial charge in [0.1, 0.15) is 5.75 Å². The van der Waals surface area contributed by atoms with E-state index in [0.29, 0.717) is 49.4 Å². The number of piperazine rings is 1. The first-order valence-electron chi connectivity index (χ1n) is 13.2. The Balaban J connectivity index is 1.32. The summed E-state index contributed by atoms with van der Waals surface area (Å²) in [5.74, 6) is 1.12. The van der Waals surface area contributed by atoms with Crippen molar-refractivity contribution in [3.63, 3.8) is 0 Å². The molecule has 9 heteroatoms. The van der Waals surface area contributed by atoms with Crippen molar-refractivity contribution in [3.8, 4) is 5.75 Å². The van der Waals surface area contributed by atoms with Crippen LogP contribution >= 0.6 is 0 Å². The molecule has 1 atom stereocenters. The van der Waals surface area contributed by atoms with Crippen LogP contribution < -0.4 is 16.0 Å². The van der Waals surface area contributed by atoms with Gasteiger partial charge in [-0.2, -0.15) is 0 Å². The lowest BCUT2D eigenvalue weighted by atomic mass is 9.81. The zero-order valence-electron chi connectivity index (χ0n) is 21.6. The molecular weight excluding hydrogens is 460 g/mol. The van der Waals surface area contributed by atoms with Gasteiger partial charge in [-0.3, -0.25) is 19.0 Å². The number of H-pyrrole nitrogens is 1. The molecule has 1 N–H and O–H groups in total. The lowest BCUT2D eigenvalue weighted by Gasteiger charge is -2.38. The monoisotopic (exact) mass is 498 g/mol. The summed E-state index contributed by atoms with van der Waals surface area (Å²) >= 11 is 0. The van der Waals surface area contributed by atoms with Gasteiger partial charge in [0.25, 0.3) is 5.56 Å². The summed E-state index contributed by atoms with van der Waals surface area (Å²) in [4.78, 5) is 57.9. The van der Waals surface area contributed by atoms with E-state index in [2.05, 4.69) is 11.9 Å². The van der Waals surface area contributed by atoms with E-state index in [4.69, 9.17) is 4.74 Å². The minimum Gasteiger partial charge on any atom is -0.497 e. The fraction of sp³-hybridized carbons (Fsp3) is 0.630. The lowest BCUT2D eigenvalue weighted by molar-refractivity contribution is -0.144. The number of methoxy groups -OCH3 is 1. The summed E-state index contributed by atoms with van der Waals surface area (Å²) in [6, 6.07) is 5.04. The number of hydrogen-bond donors (Lipinski definition) is 1. The van der Waals surface area contributed by atoms with Crippen LogP contribution in [0.4, 0.5) is 0 Å². The van der Waals surface area contributed by atoms with E-state index in [1.54, 1.807) is 25.3 Å². The molecule has 0 radical (unpaired) electrons. The van der Waals surface area contributed by atoms with Crippen LogP contribution in [0.3, 0.4) is 0 Å². The maximum Gasteiger partial charge on any atom is 0.328 e. The molecule has 36 heavy (non-hydrogen) atoms. The Hall–Kier alpha value is -3.10. The minimum absolute atomic E-state index is 0.0293. The van der Waals surface area contributed by atoms with E-state index < -0.39 is 5.69 Å². The topological polar surface area (TPSA) is 105 Å². The fourth-order valence-electron chi connectivity index (χ4n) is 5.65. The quantitative estimate of drug-likeness (QED) is 0.632. The number of amides is 2. The normalized spacial score (nSPS) is 21.4. The number of nitrogens with zero attached hydrogens (tertiary/aromatic N) is 3. The molecular formula is C27H38N4O5. The molecule has 1 aliphatic heterocycles. The second-order valence-corrected chi connectivity index (χ2v) is 10.3. The molecule has 2 heterocycles. The van der Waals surface area contributed by atoms with E-state index in [-0.39, 0.29) is 35.1 Å². The van der Waals surface area contributed by atoms with Gasteiger partial charge in [-0.05, 0) is 56.2 Å². The first-order valence-corrected chi connectivity index (χ1v) is 13.2. The third-order valence-corrected chi connectivity index (χ3v) is 7.87. The highest BCUT2D eigenvalue weighted by atomic mass is 16.5. The second-order valence-electron chi connectivity index (χ2n) is 10.3. The minimum atomic E-state index is -0.406. The number of fused-ring (bicyclic) bond motifs is 1. The fourth-order valence-corrected chi connectivity index (χ4v) is 5.65. The molecule has 1 aromatic carbocycles. The van der Waals surface area contributed by atoms with E-state index in [0.717, 1.165) is 38.5 Å². The first-order chi connectivity index (χ1) is 17.3. The van der Waals surface area contributed by atoms with Gasteiger partial charge >= 0.3 is 5.69 Å². The van der Waals surface area contributed by atoms with Crippen molar-refractivity contribution in [2.75, 3.05) is 33.3 Å². The number of aromatic nitrogens is 2. The second kappa shape index (κ2) is 11.3. The molecule has 2 amide bonds. The van der Waals surface area contributed by atoms with Crippen LogP contribution in [0.25, 0.3) is 10.9 Å². The van der Waals surface area contributed by atoms with Gasteiger partial charge in [-0.25, -0.2) is 4.79 Å². The Morgan fingerprint density at radius 1 is 1.06 bits per heavy atom. The number of rotatable bonds is 7. The number of hydrogen-bond acceptors (Lipinski definition) is 5. The Kier molecular flexibility index (Phi) is 8.16. The van der Waals surface area contributed by atoms with E-state index >= 15 is 0 Å². The summed E-state index contributed by atoms with van der Waals surface area (Å²) in [7, 11) is 1.54. The molecule has 9 nitrogen and oxygen atoms in total. The summed E-state index contributed by atoms with van der Waals surface area (Å²) in [5.41, 5.74) is -0.221. The number of benzene rings is 1. The molecule has 4 rings (SSSR count). The highest BCUT2D eigenvalue weighted by Gasteiger charge is 2.33. The average molecular weight is 499 g/mol. The highest BCUT2D eigenvalue weighted by Crippen LogP contribution is 2.31. The maximum absolute atomic E-state index is 13.1. The van der Waals surface area contributed by atoms with Gasteiger partial charge in [0.2, 0.25) is 11.8 Å². The zero-order valence-corrected chi connectivity index (χ0v) is 21.6. The van der Waals surface area contributed by atoms with Gasteiger partial charge in [0.05, 0.1) is 18.0 Å². The van der Waals surface area contributed by atoms with Crippen LogP contribution in [0.5, 0.6) is 5.75 Å². The summed E-state index contributed by atoms with van der Waals surface area (Å²) in [6.45, 7) is 6.81. The van der Waals surface area contributed by atoms with Crippen molar-refractivity contribution >= 4 is 22.7 Å². The van der Waals surface area contributed by atoms with Gasteiger partial charge in [0, 0.05) is 44.6 Å². The van der Waals surface area contributed by atoms with Crippen LogP contribution in [-0.4, -0.2) is 64.5 Å². The number of carbonyl (C=O) groups excluding carboxylic acids is 2. The van der Waals surface area contributed by atoms with Gasteiger partial charge in [0.15, 0.2) is 0 Å². The third-order valence-electron chi connectivity index (χ3n) is 7.87. The van der Waals surface area contributed by atoms with Crippen LogP contribution in [-0.2, 0) is 16.1 Å². The van der Waals surface area contributed by atoms with Gasteiger partial charge in [-0.1, -0.05) is 20.3 Å². The van der Waals surface area contributed by atoms with Crippen LogP contribution in [0.2, 0.25) is 0 Å². The summed E-state index contributed by atoms with van der Waals surface area (Å²) in [5, 5.41) is 0.430. The van der Waals surface area contributed by atoms with Crippen LogP contribution in [0.1, 0.15) is 52.4 Å². The molecule has 1 saturated carbocycles. The highest BCUT2D eigenvalue weighted by molar-refractivity contribution is 5.81. The number of ether oxygens (including phenoxy) is 1. The number of aromatic amines is 1.